The fourth-order valence-electron chi connectivity index (χ4n) is 1.43. The van der Waals surface area contributed by atoms with Crippen LogP contribution in [0.15, 0.2) is 12.3 Å². The minimum absolute atomic E-state index is 0.399. The standard InChI is InChI=1S/C9H16N2O/c1-7-3-5-11(6-4-7)8(2)9(10)12/h7H,2-6H2,1H3,(H2,10,12). The molecule has 12 heavy (non-hydrogen) atoms. The van der Waals surface area contributed by atoms with Crippen molar-refractivity contribution >= 4 is 5.91 Å². The van der Waals surface area contributed by atoms with Gasteiger partial charge in [-0.15, -0.1) is 0 Å². The molecule has 1 fully saturated rings. The van der Waals surface area contributed by atoms with Crippen LogP contribution in [-0.2, 0) is 4.79 Å². The largest absolute Gasteiger partial charge is 0.368 e. The molecule has 1 amide bonds. The monoisotopic (exact) mass is 168 g/mol. The molecular formula is C9H16N2O. The van der Waals surface area contributed by atoms with E-state index in [1.165, 1.54) is 0 Å². The van der Waals surface area contributed by atoms with E-state index in [1.807, 2.05) is 4.90 Å². The normalized spacial score (nSPS) is 19.2. The van der Waals surface area contributed by atoms with E-state index in [4.69, 9.17) is 5.73 Å². The van der Waals surface area contributed by atoms with Gasteiger partial charge in [0.1, 0.15) is 0 Å². The van der Waals surface area contributed by atoms with Gasteiger partial charge >= 0.3 is 0 Å². The van der Waals surface area contributed by atoms with Crippen molar-refractivity contribution < 1.29 is 4.79 Å². The summed E-state index contributed by atoms with van der Waals surface area (Å²) in [4.78, 5) is 12.7. The number of hydrogen-bond acceptors (Lipinski definition) is 2. The summed E-state index contributed by atoms with van der Waals surface area (Å²) in [5.74, 6) is 0.367. The molecule has 3 heteroatoms. The van der Waals surface area contributed by atoms with Crippen LogP contribution in [0.3, 0.4) is 0 Å². The Balaban J connectivity index is 2.44. The average Bonchev–Trinajstić information content (AvgIpc) is 2.04. The van der Waals surface area contributed by atoms with Gasteiger partial charge in [-0.05, 0) is 18.8 Å². The Labute approximate surface area is 73.2 Å². The summed E-state index contributed by atoms with van der Waals surface area (Å²) in [6.07, 6.45) is 2.26. The second kappa shape index (κ2) is 3.61. The zero-order chi connectivity index (χ0) is 9.14. The molecule has 2 N–H and O–H groups in total. The van der Waals surface area contributed by atoms with E-state index >= 15 is 0 Å². The minimum Gasteiger partial charge on any atom is -0.368 e. The van der Waals surface area contributed by atoms with Gasteiger partial charge in [0.2, 0.25) is 0 Å². The Morgan fingerprint density at radius 3 is 2.42 bits per heavy atom. The summed E-state index contributed by atoms with van der Waals surface area (Å²) in [5.41, 5.74) is 5.58. The predicted octanol–water partition coefficient (Wildman–Crippen LogP) is 0.717. The number of nitrogens with two attached hydrogens (primary N) is 1. The van der Waals surface area contributed by atoms with E-state index < -0.39 is 5.91 Å². The molecule has 0 unspecified atom stereocenters. The van der Waals surface area contributed by atoms with Crippen LogP contribution < -0.4 is 5.73 Å². The smallest absolute Gasteiger partial charge is 0.264 e. The highest BCUT2D eigenvalue weighted by atomic mass is 16.1. The Kier molecular flexibility index (Phi) is 2.74. The number of amides is 1. The molecule has 0 spiro atoms. The summed E-state index contributed by atoms with van der Waals surface area (Å²) in [7, 11) is 0. The zero-order valence-corrected chi connectivity index (χ0v) is 7.55. The first kappa shape index (κ1) is 9.10. The maximum Gasteiger partial charge on any atom is 0.264 e. The second-order valence-corrected chi connectivity index (χ2v) is 3.48. The highest BCUT2D eigenvalue weighted by Crippen LogP contribution is 2.18. The van der Waals surface area contributed by atoms with Crippen LogP contribution in [0.2, 0.25) is 0 Å². The van der Waals surface area contributed by atoms with Gasteiger partial charge in [-0.3, -0.25) is 4.79 Å². The molecule has 0 bridgehead atoms. The van der Waals surface area contributed by atoms with Crippen molar-refractivity contribution in [3.63, 3.8) is 0 Å². The van der Waals surface area contributed by atoms with Gasteiger partial charge in [-0.1, -0.05) is 13.5 Å². The van der Waals surface area contributed by atoms with Gasteiger partial charge < -0.3 is 10.6 Å². The molecule has 1 rings (SSSR count). The lowest BCUT2D eigenvalue weighted by Gasteiger charge is -2.31. The molecule has 68 valence electrons. The van der Waals surface area contributed by atoms with Gasteiger partial charge in [-0.25, -0.2) is 0 Å². The Morgan fingerprint density at radius 2 is 2.00 bits per heavy atom. The summed E-state index contributed by atoms with van der Waals surface area (Å²) >= 11 is 0. The molecule has 0 atom stereocenters. The fraction of sp³-hybridized carbons (Fsp3) is 0.667. The number of rotatable bonds is 2. The molecule has 1 aliphatic heterocycles. The Hall–Kier alpha value is -0.990. The van der Waals surface area contributed by atoms with Gasteiger partial charge in [0.15, 0.2) is 0 Å². The van der Waals surface area contributed by atoms with E-state index in [2.05, 4.69) is 13.5 Å². The fourth-order valence-corrected chi connectivity index (χ4v) is 1.43. The lowest BCUT2D eigenvalue weighted by Crippen LogP contribution is -2.36. The molecule has 3 nitrogen and oxygen atoms in total. The summed E-state index contributed by atoms with van der Waals surface area (Å²) in [6.45, 7) is 7.72. The van der Waals surface area contributed by atoms with Crippen molar-refractivity contribution in [2.75, 3.05) is 13.1 Å². The van der Waals surface area contributed by atoms with Crippen molar-refractivity contribution in [2.24, 2.45) is 11.7 Å². The van der Waals surface area contributed by atoms with E-state index in [0.717, 1.165) is 31.8 Å². The molecule has 1 saturated heterocycles. The third kappa shape index (κ3) is 2.00. The van der Waals surface area contributed by atoms with Crippen LogP contribution in [0.1, 0.15) is 19.8 Å². The molecule has 0 saturated carbocycles. The topological polar surface area (TPSA) is 46.3 Å². The van der Waals surface area contributed by atoms with Crippen molar-refractivity contribution in [1.82, 2.24) is 4.90 Å². The first-order valence-electron chi connectivity index (χ1n) is 4.35. The quantitative estimate of drug-likeness (QED) is 0.617. The number of primary amides is 1. The lowest BCUT2D eigenvalue weighted by atomic mass is 9.99. The van der Waals surface area contributed by atoms with Gasteiger partial charge in [0.05, 0.1) is 5.70 Å². The molecule has 1 aliphatic rings. The first-order valence-corrected chi connectivity index (χ1v) is 4.35. The summed E-state index contributed by atoms with van der Waals surface area (Å²) < 4.78 is 0. The van der Waals surface area contributed by atoms with Crippen LogP contribution in [0, 0.1) is 5.92 Å². The molecule has 1 heterocycles. The Morgan fingerprint density at radius 1 is 1.50 bits per heavy atom. The number of carbonyl (C=O) groups excluding carboxylic acids is 1. The first-order chi connectivity index (χ1) is 5.61. The minimum atomic E-state index is -0.399. The SMILES string of the molecule is C=C(C(N)=O)N1CCC(C)CC1. The number of nitrogens with zero attached hydrogens (tertiary/aromatic N) is 1. The van der Waals surface area contributed by atoms with E-state index in [-0.39, 0.29) is 0 Å². The molecular weight excluding hydrogens is 152 g/mol. The third-order valence-corrected chi connectivity index (χ3v) is 2.45. The van der Waals surface area contributed by atoms with E-state index in [9.17, 15) is 4.79 Å². The van der Waals surface area contributed by atoms with Gasteiger partial charge in [0.25, 0.3) is 5.91 Å². The molecule has 0 aliphatic carbocycles. The molecule has 0 aromatic carbocycles. The summed E-state index contributed by atoms with van der Waals surface area (Å²) in [5, 5.41) is 0. The van der Waals surface area contributed by atoms with E-state index in [1.54, 1.807) is 0 Å². The molecule has 0 aromatic rings. The Bertz CT molecular complexity index is 193. The van der Waals surface area contributed by atoms with Gasteiger partial charge in [0, 0.05) is 13.1 Å². The number of piperidine rings is 1. The van der Waals surface area contributed by atoms with Crippen LogP contribution >= 0.6 is 0 Å². The average molecular weight is 168 g/mol. The van der Waals surface area contributed by atoms with Crippen molar-refractivity contribution in [2.45, 2.75) is 19.8 Å². The van der Waals surface area contributed by atoms with Crippen LogP contribution in [0.25, 0.3) is 0 Å². The highest BCUT2D eigenvalue weighted by Gasteiger charge is 2.18. The highest BCUT2D eigenvalue weighted by molar-refractivity contribution is 5.90. The maximum atomic E-state index is 10.8. The zero-order valence-electron chi connectivity index (χ0n) is 7.55. The number of hydrogen-bond donors (Lipinski definition) is 1. The third-order valence-electron chi connectivity index (χ3n) is 2.45. The van der Waals surface area contributed by atoms with Crippen molar-refractivity contribution in [3.05, 3.63) is 12.3 Å². The van der Waals surface area contributed by atoms with Crippen LogP contribution in [-0.4, -0.2) is 23.9 Å². The predicted molar refractivity (Wildman–Crippen MR) is 48.3 cm³/mol. The van der Waals surface area contributed by atoms with E-state index in [0.29, 0.717) is 5.70 Å². The number of likely N-dealkylation sites (tertiary alicyclic amines) is 1. The van der Waals surface area contributed by atoms with Crippen molar-refractivity contribution in [1.29, 1.82) is 0 Å². The van der Waals surface area contributed by atoms with Crippen LogP contribution in [0.4, 0.5) is 0 Å². The second-order valence-electron chi connectivity index (χ2n) is 3.48. The maximum absolute atomic E-state index is 10.8. The van der Waals surface area contributed by atoms with Gasteiger partial charge in [-0.2, -0.15) is 0 Å². The van der Waals surface area contributed by atoms with Crippen molar-refractivity contribution in [3.8, 4) is 0 Å². The summed E-state index contributed by atoms with van der Waals surface area (Å²) in [6, 6.07) is 0. The molecule has 0 radical (unpaired) electrons. The lowest BCUT2D eigenvalue weighted by molar-refractivity contribution is -0.116. The van der Waals surface area contributed by atoms with Crippen LogP contribution in [0.5, 0.6) is 0 Å². The molecule has 0 aromatic heterocycles. The number of carbonyl (C=O) groups is 1.